The average Bonchev–Trinajstić information content (AvgIpc) is 3.14. The van der Waals surface area contributed by atoms with Gasteiger partial charge in [0.25, 0.3) is 0 Å². The number of fused-ring (bicyclic) bond motifs is 3. The van der Waals surface area contributed by atoms with E-state index in [4.69, 9.17) is 37.4 Å². The lowest BCUT2D eigenvalue weighted by molar-refractivity contribution is -0.605. The number of hydrogen-bond acceptors (Lipinski definition) is 9. The van der Waals surface area contributed by atoms with Gasteiger partial charge in [0, 0.05) is 30.6 Å². The highest BCUT2D eigenvalue weighted by atomic mass is 35.5. The van der Waals surface area contributed by atoms with Crippen LogP contribution in [0.4, 0.5) is 13.2 Å². The van der Waals surface area contributed by atoms with Crippen molar-refractivity contribution in [2.45, 2.75) is 70.6 Å². The van der Waals surface area contributed by atoms with Crippen LogP contribution < -0.4 is 19.5 Å². The first kappa shape index (κ1) is 40.1. The van der Waals surface area contributed by atoms with Crippen LogP contribution in [0.1, 0.15) is 71.4 Å². The van der Waals surface area contributed by atoms with E-state index in [-0.39, 0.29) is 57.7 Å². The van der Waals surface area contributed by atoms with E-state index < -0.39 is 42.6 Å². The highest BCUT2D eigenvalue weighted by molar-refractivity contribution is 6.35. The third-order valence-corrected chi connectivity index (χ3v) is 10.3. The van der Waals surface area contributed by atoms with E-state index in [2.05, 4.69) is 15.0 Å². The van der Waals surface area contributed by atoms with Crippen LogP contribution in [0.2, 0.25) is 10.0 Å². The first-order chi connectivity index (χ1) is 26.3. The second-order valence-corrected chi connectivity index (χ2v) is 14.6. The zero-order valence-electron chi connectivity index (χ0n) is 30.1. The van der Waals surface area contributed by atoms with Crippen LogP contribution in [0.3, 0.4) is 0 Å². The third-order valence-electron chi connectivity index (χ3n) is 9.63. The van der Waals surface area contributed by atoms with Crippen LogP contribution in [-0.2, 0) is 27.2 Å². The van der Waals surface area contributed by atoms with Crippen LogP contribution in [0.15, 0.2) is 79.1 Å². The van der Waals surface area contributed by atoms with Gasteiger partial charge in [-0.3, -0.25) is 10.2 Å². The first-order valence-electron chi connectivity index (χ1n) is 17.9. The fraction of sp³-hybridized carbons (Fsp3) is 0.375. The van der Waals surface area contributed by atoms with E-state index in [1.54, 1.807) is 44.2 Å². The van der Waals surface area contributed by atoms with Crippen LogP contribution >= 0.6 is 23.2 Å². The van der Waals surface area contributed by atoms with Gasteiger partial charge < -0.3 is 24.2 Å². The highest BCUT2D eigenvalue weighted by Crippen LogP contribution is 2.37. The van der Waals surface area contributed by atoms with Gasteiger partial charge in [-0.25, -0.2) is 14.0 Å². The Balaban J connectivity index is 1.20. The molecule has 1 N–H and O–H groups in total. The zero-order chi connectivity index (χ0) is 39.2. The Bertz CT molecular complexity index is 1960. The maximum atomic E-state index is 15.0. The van der Waals surface area contributed by atoms with Crippen molar-refractivity contribution in [2.75, 3.05) is 19.6 Å². The second kappa shape index (κ2) is 17.9. The summed E-state index contributed by atoms with van der Waals surface area (Å²) in [5.74, 6) is -1.78. The number of piperidine rings is 3. The second-order valence-electron chi connectivity index (χ2n) is 13.8. The monoisotopic (exact) mass is 801 g/mol. The number of rotatable bonds is 15. The molecule has 3 saturated heterocycles. The van der Waals surface area contributed by atoms with Crippen molar-refractivity contribution < 1.29 is 46.4 Å². The van der Waals surface area contributed by atoms with Gasteiger partial charge in [0.05, 0.1) is 11.7 Å². The molecule has 0 radical (unpaired) electrons. The molecule has 15 heteroatoms. The summed E-state index contributed by atoms with van der Waals surface area (Å²) in [6.07, 6.45) is 2.29. The van der Waals surface area contributed by atoms with E-state index in [0.717, 1.165) is 38.3 Å². The van der Waals surface area contributed by atoms with Gasteiger partial charge in [-0.15, -0.1) is 0 Å². The average molecular weight is 803 g/mol. The van der Waals surface area contributed by atoms with Gasteiger partial charge in [-0.05, 0) is 87.2 Å². The topological polar surface area (TPSA) is 113 Å². The molecule has 1 unspecified atom stereocenters. The van der Waals surface area contributed by atoms with Crippen molar-refractivity contribution in [3.8, 4) is 11.5 Å². The Morgan fingerprint density at radius 3 is 2.27 bits per heavy atom. The summed E-state index contributed by atoms with van der Waals surface area (Å²) >= 11 is 12.7. The normalized spacial score (nSPS) is 18.9. The van der Waals surface area contributed by atoms with Gasteiger partial charge in [-0.1, -0.05) is 59.6 Å². The number of halogens is 5. The molecule has 7 rings (SSSR count). The van der Waals surface area contributed by atoms with E-state index in [9.17, 15) is 28.0 Å². The fourth-order valence-corrected chi connectivity index (χ4v) is 7.47. The maximum Gasteiger partial charge on any atom is 0.387 e. The number of aromatic nitrogens is 1. The molecule has 3 fully saturated rings. The largest absolute Gasteiger partial charge is 0.619 e. The quantitative estimate of drug-likeness (QED) is 0.0733. The molecule has 3 aliphatic rings. The maximum absolute atomic E-state index is 15.0. The molecule has 4 heterocycles. The summed E-state index contributed by atoms with van der Waals surface area (Å²) in [6, 6.07) is 15.5. The standard InChI is InChI=1S/C40H40Cl2F3N3O7/c1-23(2)52-35-17-27(11-12-33(35)55-40(44)45)34(18-29-30(41)20-48(51)21-31(29)42)53-38(49)26-9-7-24(8-10-26)19-46-37(28-5-3-4-6-32(28)43)39(50)54-36-22-47-15-13-25(36)14-16-47/h3-12,17,20-21,23,25,34,36-37,40,46H,13-16,18-19,22H2,1-2H3/t34-,36-,37?/m0/s1. The Kier molecular flexibility index (Phi) is 13.1. The summed E-state index contributed by atoms with van der Waals surface area (Å²) in [7, 11) is 0. The lowest BCUT2D eigenvalue weighted by Crippen LogP contribution is -2.52. The Morgan fingerprint density at radius 2 is 1.65 bits per heavy atom. The van der Waals surface area contributed by atoms with E-state index in [1.165, 1.54) is 36.4 Å². The summed E-state index contributed by atoms with van der Waals surface area (Å²) in [5.41, 5.74) is 1.68. The SMILES string of the molecule is CC(C)Oc1cc([C@H](Cc2c(Cl)c[n+]([O-])cc2Cl)OC(=O)c2ccc(CNC(C(=O)O[C@H]3CN4CCC3CC4)c3ccccc3F)cc2)ccc1OC(F)F. The number of carbonyl (C=O) groups is 2. The number of ether oxygens (including phenoxy) is 4. The van der Waals surface area contributed by atoms with E-state index >= 15 is 0 Å². The van der Waals surface area contributed by atoms with Crippen LogP contribution in [0, 0.1) is 16.9 Å². The lowest BCUT2D eigenvalue weighted by Gasteiger charge is -2.44. The Morgan fingerprint density at radius 1 is 0.964 bits per heavy atom. The van der Waals surface area contributed by atoms with Crippen molar-refractivity contribution in [2.24, 2.45) is 5.92 Å². The van der Waals surface area contributed by atoms with E-state index in [1.807, 2.05) is 0 Å². The molecular weight excluding hydrogens is 762 g/mol. The van der Waals surface area contributed by atoms with Crippen molar-refractivity contribution in [3.63, 3.8) is 0 Å². The number of carbonyl (C=O) groups excluding carboxylic acids is 2. The van der Waals surface area contributed by atoms with Gasteiger partial charge in [-0.2, -0.15) is 13.5 Å². The molecule has 3 aliphatic heterocycles. The Hall–Kier alpha value is -4.56. The van der Waals surface area contributed by atoms with Crippen molar-refractivity contribution in [1.82, 2.24) is 10.2 Å². The smallest absolute Gasteiger partial charge is 0.387 e. The summed E-state index contributed by atoms with van der Waals surface area (Å²) < 4.78 is 64.1. The highest BCUT2D eigenvalue weighted by Gasteiger charge is 2.38. The zero-order valence-corrected chi connectivity index (χ0v) is 31.6. The number of alkyl halides is 2. The predicted molar refractivity (Wildman–Crippen MR) is 198 cm³/mol. The molecule has 1 aromatic heterocycles. The molecule has 0 spiro atoms. The number of nitrogens with zero attached hydrogens (tertiary/aromatic N) is 2. The predicted octanol–water partition coefficient (Wildman–Crippen LogP) is 7.76. The Labute approximate surface area is 326 Å². The molecule has 3 aromatic carbocycles. The van der Waals surface area contributed by atoms with Gasteiger partial charge in [0.15, 0.2) is 23.9 Å². The third kappa shape index (κ3) is 10.2. The van der Waals surface area contributed by atoms with Crippen molar-refractivity contribution in [1.29, 1.82) is 0 Å². The van der Waals surface area contributed by atoms with Crippen molar-refractivity contribution >= 4 is 35.1 Å². The first-order valence-corrected chi connectivity index (χ1v) is 18.6. The van der Waals surface area contributed by atoms with Crippen LogP contribution in [-0.4, -0.2) is 55.3 Å². The summed E-state index contributed by atoms with van der Waals surface area (Å²) in [4.78, 5) is 29.4. The minimum Gasteiger partial charge on any atom is -0.619 e. The number of esters is 2. The van der Waals surface area contributed by atoms with Crippen LogP contribution in [0.5, 0.6) is 11.5 Å². The number of pyridine rings is 1. The minimum absolute atomic E-state index is 0.00493. The summed E-state index contributed by atoms with van der Waals surface area (Å²) in [6.45, 7) is 3.08. The molecule has 292 valence electrons. The van der Waals surface area contributed by atoms with Gasteiger partial charge in [0.2, 0.25) is 0 Å². The molecule has 2 bridgehead atoms. The molecule has 10 nitrogen and oxygen atoms in total. The number of nitrogens with one attached hydrogen (secondary N) is 1. The molecular formula is C40H40Cl2F3N3O7. The fourth-order valence-electron chi connectivity index (χ4n) is 6.87. The van der Waals surface area contributed by atoms with E-state index in [0.29, 0.717) is 28.0 Å². The number of benzene rings is 3. The molecule has 4 aromatic rings. The van der Waals surface area contributed by atoms with Gasteiger partial charge >= 0.3 is 18.6 Å². The molecule has 3 atom stereocenters. The minimum atomic E-state index is -3.11. The molecule has 55 heavy (non-hydrogen) atoms. The van der Waals surface area contributed by atoms with Gasteiger partial charge in [0.1, 0.15) is 34.1 Å². The molecule has 0 saturated carbocycles. The number of hydrogen-bond donors (Lipinski definition) is 1. The summed E-state index contributed by atoms with van der Waals surface area (Å²) in [5, 5.41) is 15.1. The van der Waals surface area contributed by atoms with Crippen LogP contribution in [0.25, 0.3) is 0 Å². The lowest BCUT2D eigenvalue weighted by atomic mass is 9.86. The van der Waals surface area contributed by atoms with Crippen molar-refractivity contribution in [3.05, 3.63) is 128 Å². The molecule has 0 amide bonds. The molecule has 0 aliphatic carbocycles.